The fraction of sp³-hybridized carbons (Fsp3) is 0.875. The summed E-state index contributed by atoms with van der Waals surface area (Å²) in [4.78, 5) is 11.1. The standard InChI is InChI=1S/C8H15NO/c1-5(2)7-6(3)4-9-8(7)10/h5-7H,4H2,1-3H3,(H,9,10)/t6-,7-/m0/s1. The number of carbonyl (C=O) groups excluding carboxylic acids is 1. The van der Waals surface area contributed by atoms with Gasteiger partial charge in [-0.25, -0.2) is 0 Å². The third kappa shape index (κ3) is 1.15. The van der Waals surface area contributed by atoms with E-state index in [-0.39, 0.29) is 11.8 Å². The van der Waals surface area contributed by atoms with Crippen LogP contribution in [0.3, 0.4) is 0 Å². The molecule has 0 bridgehead atoms. The van der Waals surface area contributed by atoms with Crippen molar-refractivity contribution in [2.45, 2.75) is 20.8 Å². The van der Waals surface area contributed by atoms with Gasteiger partial charge in [-0.3, -0.25) is 4.79 Å². The zero-order valence-corrected chi connectivity index (χ0v) is 6.85. The van der Waals surface area contributed by atoms with Crippen molar-refractivity contribution in [2.75, 3.05) is 6.54 Å². The summed E-state index contributed by atoms with van der Waals surface area (Å²) < 4.78 is 0. The van der Waals surface area contributed by atoms with Crippen LogP contribution in [0.1, 0.15) is 20.8 Å². The Bertz CT molecular complexity index is 142. The fourth-order valence-electron chi connectivity index (χ4n) is 1.72. The number of nitrogens with one attached hydrogen (secondary N) is 1. The minimum Gasteiger partial charge on any atom is -0.356 e. The van der Waals surface area contributed by atoms with Crippen LogP contribution in [0.25, 0.3) is 0 Å². The van der Waals surface area contributed by atoms with Crippen LogP contribution in [0.5, 0.6) is 0 Å². The van der Waals surface area contributed by atoms with Crippen LogP contribution in [0.15, 0.2) is 0 Å². The highest BCUT2D eigenvalue weighted by molar-refractivity contribution is 5.81. The third-order valence-electron chi connectivity index (χ3n) is 2.23. The number of hydrogen-bond donors (Lipinski definition) is 1. The quantitative estimate of drug-likeness (QED) is 0.580. The van der Waals surface area contributed by atoms with Gasteiger partial charge in [0.25, 0.3) is 0 Å². The van der Waals surface area contributed by atoms with E-state index >= 15 is 0 Å². The van der Waals surface area contributed by atoms with Crippen LogP contribution >= 0.6 is 0 Å². The van der Waals surface area contributed by atoms with Crippen molar-refractivity contribution < 1.29 is 4.79 Å². The summed E-state index contributed by atoms with van der Waals surface area (Å²) in [6, 6.07) is 0. The lowest BCUT2D eigenvalue weighted by atomic mass is 9.87. The van der Waals surface area contributed by atoms with Crippen molar-refractivity contribution in [3.63, 3.8) is 0 Å². The first-order chi connectivity index (χ1) is 4.63. The molecule has 1 heterocycles. The van der Waals surface area contributed by atoms with E-state index in [2.05, 4.69) is 26.1 Å². The summed E-state index contributed by atoms with van der Waals surface area (Å²) in [6.07, 6.45) is 0. The Hall–Kier alpha value is -0.530. The van der Waals surface area contributed by atoms with Gasteiger partial charge in [-0.1, -0.05) is 20.8 Å². The molecular weight excluding hydrogens is 126 g/mol. The van der Waals surface area contributed by atoms with Gasteiger partial charge in [-0.05, 0) is 11.8 Å². The molecule has 0 aromatic carbocycles. The zero-order valence-electron chi connectivity index (χ0n) is 6.85. The fourth-order valence-corrected chi connectivity index (χ4v) is 1.72. The maximum atomic E-state index is 11.1. The second-order valence-electron chi connectivity index (χ2n) is 3.49. The molecule has 58 valence electrons. The second kappa shape index (κ2) is 2.60. The van der Waals surface area contributed by atoms with Gasteiger partial charge in [0.15, 0.2) is 0 Å². The SMILES string of the molecule is CC(C)[C@@H]1C(=O)NC[C@@H]1C. The zero-order chi connectivity index (χ0) is 7.72. The first kappa shape index (κ1) is 7.58. The lowest BCUT2D eigenvalue weighted by molar-refractivity contribution is -0.124. The number of amides is 1. The molecule has 0 radical (unpaired) electrons. The monoisotopic (exact) mass is 141 g/mol. The van der Waals surface area contributed by atoms with E-state index in [1.54, 1.807) is 0 Å². The predicted octanol–water partition coefficient (Wildman–Crippen LogP) is 1.02. The summed E-state index contributed by atoms with van der Waals surface area (Å²) in [5.41, 5.74) is 0. The maximum Gasteiger partial charge on any atom is 0.223 e. The second-order valence-corrected chi connectivity index (χ2v) is 3.49. The maximum absolute atomic E-state index is 11.1. The molecule has 0 aromatic heterocycles. The topological polar surface area (TPSA) is 29.1 Å². The molecule has 0 aromatic rings. The van der Waals surface area contributed by atoms with Crippen molar-refractivity contribution >= 4 is 5.91 Å². The predicted molar refractivity (Wildman–Crippen MR) is 40.5 cm³/mol. The molecule has 0 saturated carbocycles. The van der Waals surface area contributed by atoms with Crippen molar-refractivity contribution in [1.29, 1.82) is 0 Å². The summed E-state index contributed by atoms with van der Waals surface area (Å²) >= 11 is 0. The van der Waals surface area contributed by atoms with E-state index in [0.29, 0.717) is 11.8 Å². The number of hydrogen-bond acceptors (Lipinski definition) is 1. The third-order valence-corrected chi connectivity index (χ3v) is 2.23. The molecule has 2 heteroatoms. The van der Waals surface area contributed by atoms with Crippen LogP contribution in [0, 0.1) is 17.8 Å². The van der Waals surface area contributed by atoms with Crippen LogP contribution in [0.2, 0.25) is 0 Å². The smallest absolute Gasteiger partial charge is 0.223 e. The molecule has 2 atom stereocenters. The first-order valence-corrected chi connectivity index (χ1v) is 3.90. The van der Waals surface area contributed by atoms with Gasteiger partial charge in [0.05, 0.1) is 0 Å². The first-order valence-electron chi connectivity index (χ1n) is 3.90. The van der Waals surface area contributed by atoms with E-state index in [4.69, 9.17) is 0 Å². The highest BCUT2D eigenvalue weighted by atomic mass is 16.2. The van der Waals surface area contributed by atoms with Gasteiger partial charge >= 0.3 is 0 Å². The van der Waals surface area contributed by atoms with E-state index < -0.39 is 0 Å². The number of carbonyl (C=O) groups is 1. The summed E-state index contributed by atoms with van der Waals surface area (Å²) in [5, 5.41) is 2.86. The largest absolute Gasteiger partial charge is 0.356 e. The molecule has 0 unspecified atom stereocenters. The Morgan fingerprint density at radius 1 is 1.60 bits per heavy atom. The molecule has 10 heavy (non-hydrogen) atoms. The lowest BCUT2D eigenvalue weighted by Gasteiger charge is -2.15. The molecule has 1 N–H and O–H groups in total. The average Bonchev–Trinajstić information content (AvgIpc) is 2.11. The Kier molecular flexibility index (Phi) is 1.97. The van der Waals surface area contributed by atoms with E-state index in [9.17, 15) is 4.79 Å². The van der Waals surface area contributed by atoms with Gasteiger partial charge in [0, 0.05) is 12.5 Å². The average molecular weight is 141 g/mol. The number of rotatable bonds is 1. The Balaban J connectivity index is 2.63. The minimum absolute atomic E-state index is 0.238. The van der Waals surface area contributed by atoms with Crippen molar-refractivity contribution in [1.82, 2.24) is 5.32 Å². The normalized spacial score (nSPS) is 33.0. The summed E-state index contributed by atoms with van der Waals surface area (Å²) in [5.74, 6) is 1.49. The lowest BCUT2D eigenvalue weighted by Crippen LogP contribution is -2.23. The van der Waals surface area contributed by atoms with E-state index in [0.717, 1.165) is 6.54 Å². The van der Waals surface area contributed by atoms with Crippen LogP contribution in [-0.4, -0.2) is 12.5 Å². The van der Waals surface area contributed by atoms with Crippen molar-refractivity contribution in [3.05, 3.63) is 0 Å². The van der Waals surface area contributed by atoms with E-state index in [1.807, 2.05) is 0 Å². The van der Waals surface area contributed by atoms with Gasteiger partial charge in [-0.15, -0.1) is 0 Å². The molecule has 1 fully saturated rings. The van der Waals surface area contributed by atoms with Crippen molar-refractivity contribution in [2.24, 2.45) is 17.8 Å². The Labute approximate surface area is 62.0 Å². The molecule has 0 aliphatic carbocycles. The molecule has 1 saturated heterocycles. The molecule has 1 aliphatic rings. The molecule has 0 spiro atoms. The van der Waals surface area contributed by atoms with Crippen LogP contribution < -0.4 is 5.32 Å². The molecule has 1 aliphatic heterocycles. The Morgan fingerprint density at radius 3 is 2.40 bits per heavy atom. The molecule has 1 amide bonds. The van der Waals surface area contributed by atoms with Gasteiger partial charge in [0.1, 0.15) is 0 Å². The minimum atomic E-state index is 0.238. The van der Waals surface area contributed by atoms with Gasteiger partial charge < -0.3 is 5.32 Å². The Morgan fingerprint density at radius 2 is 2.20 bits per heavy atom. The van der Waals surface area contributed by atoms with Gasteiger partial charge in [-0.2, -0.15) is 0 Å². The van der Waals surface area contributed by atoms with Crippen LogP contribution in [-0.2, 0) is 4.79 Å². The molecular formula is C8H15NO. The van der Waals surface area contributed by atoms with Gasteiger partial charge in [0.2, 0.25) is 5.91 Å². The highest BCUT2D eigenvalue weighted by Crippen LogP contribution is 2.24. The van der Waals surface area contributed by atoms with E-state index in [1.165, 1.54) is 0 Å². The highest BCUT2D eigenvalue weighted by Gasteiger charge is 2.33. The molecule has 1 rings (SSSR count). The van der Waals surface area contributed by atoms with Crippen molar-refractivity contribution in [3.8, 4) is 0 Å². The summed E-state index contributed by atoms with van der Waals surface area (Å²) in [6.45, 7) is 7.20. The summed E-state index contributed by atoms with van der Waals surface area (Å²) in [7, 11) is 0. The molecule has 2 nitrogen and oxygen atoms in total. The van der Waals surface area contributed by atoms with Crippen LogP contribution in [0.4, 0.5) is 0 Å².